The largest absolute Gasteiger partial charge is 0.338 e. The van der Waals surface area contributed by atoms with Crippen molar-refractivity contribution in [3.8, 4) is 0 Å². The Morgan fingerprint density at radius 1 is 1.71 bits per heavy atom. The number of aromatic nitrogens is 2. The maximum absolute atomic E-state index is 11.4. The van der Waals surface area contributed by atoms with Crippen molar-refractivity contribution in [1.82, 2.24) is 9.55 Å². The van der Waals surface area contributed by atoms with Gasteiger partial charge in [-0.25, -0.2) is 4.98 Å². The molecule has 1 aromatic heterocycles. The van der Waals surface area contributed by atoms with Gasteiger partial charge in [-0.05, 0) is 6.42 Å². The molecule has 1 aromatic rings. The zero-order valence-corrected chi connectivity index (χ0v) is 9.09. The zero-order valence-electron chi connectivity index (χ0n) is 8.27. The fraction of sp³-hybridized carbons (Fsp3) is 0.600. The molecule has 2 rings (SSSR count). The lowest BCUT2D eigenvalue weighted by atomic mass is 10.0. The first-order valence-electron chi connectivity index (χ1n) is 4.84. The molecule has 0 amide bonds. The second-order valence-electron chi connectivity index (χ2n) is 3.67. The molecule has 14 heavy (non-hydrogen) atoms. The quantitative estimate of drug-likeness (QED) is 0.754. The number of carbonyl (C=O) groups is 1. The number of carbonyl (C=O) groups excluding carboxylic acids is 1. The van der Waals surface area contributed by atoms with Crippen molar-refractivity contribution >= 4 is 17.5 Å². The highest BCUT2D eigenvalue weighted by atomic mass is 32.2. The lowest BCUT2D eigenvalue weighted by Crippen LogP contribution is -2.13. The van der Waals surface area contributed by atoms with Crippen LogP contribution in [-0.2, 0) is 18.3 Å². The number of rotatable bonds is 3. The van der Waals surface area contributed by atoms with Gasteiger partial charge in [-0.1, -0.05) is 0 Å². The molecular formula is C10H14N2OS. The van der Waals surface area contributed by atoms with E-state index in [4.69, 9.17) is 0 Å². The van der Waals surface area contributed by atoms with Crippen LogP contribution in [0.2, 0.25) is 0 Å². The Hall–Kier alpha value is -0.770. The van der Waals surface area contributed by atoms with Gasteiger partial charge >= 0.3 is 0 Å². The molecule has 0 aromatic carbocycles. The fourth-order valence-electron chi connectivity index (χ4n) is 1.70. The summed E-state index contributed by atoms with van der Waals surface area (Å²) in [4.78, 5) is 15.6. The number of aryl methyl sites for hydroxylation is 2. The number of hydrogen-bond acceptors (Lipinski definition) is 3. The van der Waals surface area contributed by atoms with Gasteiger partial charge in [0, 0.05) is 37.5 Å². The van der Waals surface area contributed by atoms with Crippen molar-refractivity contribution in [3.63, 3.8) is 0 Å². The van der Waals surface area contributed by atoms with E-state index in [1.54, 1.807) is 18.0 Å². The van der Waals surface area contributed by atoms with Gasteiger partial charge in [0.2, 0.25) is 0 Å². The number of thioether (sulfide) groups is 1. The van der Waals surface area contributed by atoms with E-state index >= 15 is 0 Å². The average Bonchev–Trinajstić information content (AvgIpc) is 2.72. The summed E-state index contributed by atoms with van der Waals surface area (Å²) >= 11 is 1.75. The van der Waals surface area contributed by atoms with E-state index in [9.17, 15) is 4.79 Å². The van der Waals surface area contributed by atoms with Crippen molar-refractivity contribution in [1.29, 1.82) is 0 Å². The molecule has 1 fully saturated rings. The van der Waals surface area contributed by atoms with Crippen molar-refractivity contribution in [3.05, 3.63) is 18.2 Å². The van der Waals surface area contributed by atoms with Gasteiger partial charge in [-0.3, -0.25) is 4.79 Å². The number of ketones is 1. The van der Waals surface area contributed by atoms with Crippen LogP contribution in [0.5, 0.6) is 0 Å². The maximum Gasteiger partial charge on any atom is 0.146 e. The third-order valence-electron chi connectivity index (χ3n) is 2.66. The monoisotopic (exact) mass is 210 g/mol. The van der Waals surface area contributed by atoms with Gasteiger partial charge in [-0.2, -0.15) is 11.8 Å². The number of hydrogen-bond donors (Lipinski definition) is 0. The Kier molecular flexibility index (Phi) is 2.91. The molecule has 76 valence electrons. The summed E-state index contributed by atoms with van der Waals surface area (Å²) in [6, 6.07) is 0. The lowest BCUT2D eigenvalue weighted by molar-refractivity contribution is -0.119. The van der Waals surface area contributed by atoms with Crippen LogP contribution in [0.4, 0.5) is 0 Å². The third kappa shape index (κ3) is 2.00. The van der Waals surface area contributed by atoms with E-state index < -0.39 is 0 Å². The van der Waals surface area contributed by atoms with E-state index in [0.717, 1.165) is 24.4 Å². The topological polar surface area (TPSA) is 34.9 Å². The summed E-state index contributed by atoms with van der Waals surface area (Å²) in [6.45, 7) is 0. The smallest absolute Gasteiger partial charge is 0.146 e. The van der Waals surface area contributed by atoms with E-state index in [2.05, 4.69) is 4.98 Å². The van der Waals surface area contributed by atoms with Crippen LogP contribution in [0, 0.1) is 5.92 Å². The molecule has 0 saturated carbocycles. The Balaban J connectivity index is 1.88. The highest BCUT2D eigenvalue weighted by molar-refractivity contribution is 8.00. The van der Waals surface area contributed by atoms with E-state index in [-0.39, 0.29) is 5.92 Å². The third-order valence-corrected chi connectivity index (χ3v) is 3.78. The summed E-state index contributed by atoms with van der Waals surface area (Å²) < 4.78 is 2.02. The Labute approximate surface area is 87.9 Å². The zero-order chi connectivity index (χ0) is 9.97. The first kappa shape index (κ1) is 9.77. The van der Waals surface area contributed by atoms with Crippen LogP contribution < -0.4 is 0 Å². The van der Waals surface area contributed by atoms with Crippen LogP contribution in [0.15, 0.2) is 12.4 Å². The molecule has 1 atom stereocenters. The molecule has 4 heteroatoms. The van der Waals surface area contributed by atoms with Crippen molar-refractivity contribution in [2.45, 2.75) is 12.8 Å². The predicted molar refractivity (Wildman–Crippen MR) is 57.4 cm³/mol. The van der Waals surface area contributed by atoms with Gasteiger partial charge in [0.15, 0.2) is 0 Å². The number of nitrogens with zero attached hydrogens (tertiary/aromatic N) is 2. The molecular weight excluding hydrogens is 196 g/mol. The van der Waals surface area contributed by atoms with Crippen LogP contribution in [-0.4, -0.2) is 26.8 Å². The predicted octanol–water partition coefficient (Wildman–Crippen LogP) is 1.28. The van der Waals surface area contributed by atoms with Crippen molar-refractivity contribution < 1.29 is 4.79 Å². The number of imidazole rings is 1. The van der Waals surface area contributed by atoms with E-state index in [0.29, 0.717) is 11.5 Å². The lowest BCUT2D eigenvalue weighted by Gasteiger charge is -2.06. The molecule has 1 aliphatic rings. The van der Waals surface area contributed by atoms with Crippen LogP contribution in [0.3, 0.4) is 0 Å². The van der Waals surface area contributed by atoms with Gasteiger partial charge in [-0.15, -0.1) is 0 Å². The standard InChI is InChI=1S/C10H14N2OS/c1-12-5-4-11-10(12)3-2-8-6-14-7-9(8)13/h4-5,8H,2-3,6-7H2,1H3. The average molecular weight is 210 g/mol. The fourth-order valence-corrected chi connectivity index (χ4v) is 2.89. The second kappa shape index (κ2) is 4.17. The van der Waals surface area contributed by atoms with Gasteiger partial charge < -0.3 is 4.57 Å². The molecule has 1 unspecified atom stereocenters. The molecule has 3 nitrogen and oxygen atoms in total. The summed E-state index contributed by atoms with van der Waals surface area (Å²) in [7, 11) is 1.99. The first-order valence-corrected chi connectivity index (χ1v) is 5.99. The second-order valence-corrected chi connectivity index (χ2v) is 4.70. The van der Waals surface area contributed by atoms with Crippen LogP contribution in [0.1, 0.15) is 12.2 Å². The normalized spacial score (nSPS) is 21.8. The van der Waals surface area contributed by atoms with E-state index in [1.165, 1.54) is 0 Å². The minimum atomic E-state index is 0.275. The summed E-state index contributed by atoms with van der Waals surface area (Å²) in [5.41, 5.74) is 0. The minimum absolute atomic E-state index is 0.275. The molecule has 0 spiro atoms. The van der Waals surface area contributed by atoms with Crippen LogP contribution in [0.25, 0.3) is 0 Å². The minimum Gasteiger partial charge on any atom is -0.338 e. The van der Waals surface area contributed by atoms with Gasteiger partial charge in [0.05, 0.1) is 5.75 Å². The molecule has 2 heterocycles. The summed E-state index contributed by atoms with van der Waals surface area (Å²) in [5, 5.41) is 0. The molecule has 0 N–H and O–H groups in total. The maximum atomic E-state index is 11.4. The van der Waals surface area contributed by atoms with Crippen LogP contribution >= 0.6 is 11.8 Å². The van der Waals surface area contributed by atoms with Crippen molar-refractivity contribution in [2.75, 3.05) is 11.5 Å². The van der Waals surface area contributed by atoms with E-state index in [1.807, 2.05) is 17.8 Å². The molecule has 0 aliphatic carbocycles. The Morgan fingerprint density at radius 2 is 2.57 bits per heavy atom. The first-order chi connectivity index (χ1) is 6.77. The summed E-state index contributed by atoms with van der Waals surface area (Å²) in [5.74, 6) is 3.49. The van der Waals surface area contributed by atoms with Gasteiger partial charge in [0.1, 0.15) is 11.6 Å². The Bertz CT molecular complexity index is 335. The molecule has 0 radical (unpaired) electrons. The number of Topliss-reactive ketones (excluding diaryl/α,β-unsaturated/α-hetero) is 1. The summed E-state index contributed by atoms with van der Waals surface area (Å²) in [6.07, 6.45) is 5.62. The SMILES string of the molecule is Cn1ccnc1CCC1CSCC1=O. The highest BCUT2D eigenvalue weighted by Gasteiger charge is 2.24. The molecule has 1 aliphatic heterocycles. The van der Waals surface area contributed by atoms with Gasteiger partial charge in [0.25, 0.3) is 0 Å². The van der Waals surface area contributed by atoms with Crippen molar-refractivity contribution in [2.24, 2.45) is 13.0 Å². The Morgan fingerprint density at radius 3 is 3.14 bits per heavy atom. The molecule has 1 saturated heterocycles. The molecule has 0 bridgehead atoms. The highest BCUT2D eigenvalue weighted by Crippen LogP contribution is 2.24.